The summed E-state index contributed by atoms with van der Waals surface area (Å²) in [7, 11) is 1.82. The standard InChI is InChI=1S/C9H15N3S2/c1-10-9(13)12-5-3-2-4-8-11-6-7-14-8/h6-7H,2-5H2,1H3,(H2,10,12,13). The molecule has 0 saturated carbocycles. The molecule has 0 aliphatic heterocycles. The molecule has 3 nitrogen and oxygen atoms in total. The number of nitrogens with zero attached hydrogens (tertiary/aromatic N) is 1. The summed E-state index contributed by atoms with van der Waals surface area (Å²) in [6.45, 7) is 0.936. The summed E-state index contributed by atoms with van der Waals surface area (Å²) in [6.07, 6.45) is 5.22. The largest absolute Gasteiger partial charge is 0.366 e. The molecule has 0 aromatic carbocycles. The molecule has 0 bridgehead atoms. The van der Waals surface area contributed by atoms with Gasteiger partial charge in [-0.3, -0.25) is 0 Å². The summed E-state index contributed by atoms with van der Waals surface area (Å²) in [5, 5.41) is 9.96. The van der Waals surface area contributed by atoms with Crippen molar-refractivity contribution in [2.75, 3.05) is 13.6 Å². The van der Waals surface area contributed by atoms with Gasteiger partial charge in [-0.15, -0.1) is 11.3 Å². The molecule has 5 heteroatoms. The molecule has 0 radical (unpaired) electrons. The first-order valence-corrected chi connectivity index (χ1v) is 5.95. The van der Waals surface area contributed by atoms with Gasteiger partial charge in [0.05, 0.1) is 5.01 Å². The van der Waals surface area contributed by atoms with Crippen molar-refractivity contribution in [2.45, 2.75) is 19.3 Å². The number of thiazole rings is 1. The first-order chi connectivity index (χ1) is 6.83. The highest BCUT2D eigenvalue weighted by molar-refractivity contribution is 7.80. The van der Waals surface area contributed by atoms with Crippen LogP contribution in [0.2, 0.25) is 0 Å². The SMILES string of the molecule is CNC(=S)NCCCCc1nccs1. The van der Waals surface area contributed by atoms with E-state index in [0.717, 1.165) is 30.9 Å². The number of aromatic nitrogens is 1. The number of aryl methyl sites for hydroxylation is 1. The molecule has 0 fully saturated rings. The average molecular weight is 229 g/mol. The van der Waals surface area contributed by atoms with Gasteiger partial charge in [0, 0.05) is 25.2 Å². The highest BCUT2D eigenvalue weighted by Gasteiger charge is 1.95. The predicted molar refractivity (Wildman–Crippen MR) is 64.7 cm³/mol. The second-order valence-electron chi connectivity index (χ2n) is 2.89. The van der Waals surface area contributed by atoms with Crippen LogP contribution < -0.4 is 10.6 Å². The van der Waals surface area contributed by atoms with Crippen LogP contribution in [0.4, 0.5) is 0 Å². The fourth-order valence-corrected chi connectivity index (χ4v) is 1.83. The molecule has 78 valence electrons. The van der Waals surface area contributed by atoms with E-state index >= 15 is 0 Å². The quantitative estimate of drug-likeness (QED) is 0.593. The Bertz CT molecular complexity index is 259. The van der Waals surface area contributed by atoms with Crippen molar-refractivity contribution in [2.24, 2.45) is 0 Å². The molecule has 1 rings (SSSR count). The maximum atomic E-state index is 4.95. The van der Waals surface area contributed by atoms with E-state index in [-0.39, 0.29) is 0 Å². The van der Waals surface area contributed by atoms with Crippen LogP contribution in [0.1, 0.15) is 17.8 Å². The van der Waals surface area contributed by atoms with Gasteiger partial charge in [-0.1, -0.05) is 0 Å². The lowest BCUT2D eigenvalue weighted by Crippen LogP contribution is -2.32. The fourth-order valence-electron chi connectivity index (χ4n) is 1.07. The maximum Gasteiger partial charge on any atom is 0.166 e. The second kappa shape index (κ2) is 6.73. The third-order valence-electron chi connectivity index (χ3n) is 1.81. The third kappa shape index (κ3) is 4.53. The lowest BCUT2D eigenvalue weighted by atomic mass is 10.2. The van der Waals surface area contributed by atoms with Gasteiger partial charge in [-0.25, -0.2) is 4.98 Å². The number of rotatable bonds is 5. The topological polar surface area (TPSA) is 37.0 Å². The molecule has 0 aliphatic carbocycles. The smallest absolute Gasteiger partial charge is 0.166 e. The molecule has 2 N–H and O–H groups in total. The van der Waals surface area contributed by atoms with Crippen molar-refractivity contribution in [3.8, 4) is 0 Å². The number of thiocarbonyl (C=S) groups is 1. The zero-order chi connectivity index (χ0) is 10.2. The maximum absolute atomic E-state index is 4.95. The van der Waals surface area contributed by atoms with Crippen LogP contribution in [-0.2, 0) is 6.42 Å². The molecule has 14 heavy (non-hydrogen) atoms. The first-order valence-electron chi connectivity index (χ1n) is 4.67. The van der Waals surface area contributed by atoms with Crippen LogP contribution in [0, 0.1) is 0 Å². The Labute approximate surface area is 93.9 Å². The van der Waals surface area contributed by atoms with E-state index in [9.17, 15) is 0 Å². The molecule has 1 aromatic rings. The highest BCUT2D eigenvalue weighted by atomic mass is 32.1. The summed E-state index contributed by atoms with van der Waals surface area (Å²) in [5.74, 6) is 0. The summed E-state index contributed by atoms with van der Waals surface area (Å²) in [5.41, 5.74) is 0. The number of nitrogens with one attached hydrogen (secondary N) is 2. The molecular formula is C9H15N3S2. The Morgan fingerprint density at radius 2 is 2.43 bits per heavy atom. The summed E-state index contributed by atoms with van der Waals surface area (Å²) in [6, 6.07) is 0. The van der Waals surface area contributed by atoms with Crippen LogP contribution >= 0.6 is 23.6 Å². The lowest BCUT2D eigenvalue weighted by Gasteiger charge is -2.05. The molecule has 0 aliphatic rings. The van der Waals surface area contributed by atoms with Gasteiger partial charge in [0.1, 0.15) is 0 Å². The monoisotopic (exact) mass is 229 g/mol. The predicted octanol–water partition coefficient (Wildman–Crippen LogP) is 1.56. The average Bonchev–Trinajstić information content (AvgIpc) is 2.69. The van der Waals surface area contributed by atoms with Crippen LogP contribution in [0.5, 0.6) is 0 Å². The minimum absolute atomic E-state index is 0.722. The van der Waals surface area contributed by atoms with Crippen molar-refractivity contribution < 1.29 is 0 Å². The van der Waals surface area contributed by atoms with E-state index in [1.54, 1.807) is 11.3 Å². The zero-order valence-electron chi connectivity index (χ0n) is 8.25. The van der Waals surface area contributed by atoms with Gasteiger partial charge in [-0.2, -0.15) is 0 Å². The molecule has 0 unspecified atom stereocenters. The first kappa shape index (κ1) is 11.4. The fraction of sp³-hybridized carbons (Fsp3) is 0.556. The van der Waals surface area contributed by atoms with Gasteiger partial charge >= 0.3 is 0 Å². The molecule has 0 saturated heterocycles. The minimum atomic E-state index is 0.722. The van der Waals surface area contributed by atoms with E-state index < -0.39 is 0 Å². The minimum Gasteiger partial charge on any atom is -0.366 e. The zero-order valence-corrected chi connectivity index (χ0v) is 9.88. The highest BCUT2D eigenvalue weighted by Crippen LogP contribution is 2.07. The Morgan fingerprint density at radius 3 is 3.07 bits per heavy atom. The van der Waals surface area contributed by atoms with E-state index in [0.29, 0.717) is 0 Å². The van der Waals surface area contributed by atoms with Crippen molar-refractivity contribution in [1.82, 2.24) is 15.6 Å². The normalized spacial score (nSPS) is 9.79. The summed E-state index contributed by atoms with van der Waals surface area (Å²) < 4.78 is 0. The number of hydrogen-bond acceptors (Lipinski definition) is 3. The van der Waals surface area contributed by atoms with Crippen LogP contribution in [0.3, 0.4) is 0 Å². The van der Waals surface area contributed by atoms with Crippen LogP contribution in [-0.4, -0.2) is 23.7 Å². The third-order valence-corrected chi connectivity index (χ3v) is 3.00. The van der Waals surface area contributed by atoms with E-state index in [1.165, 1.54) is 5.01 Å². The van der Waals surface area contributed by atoms with E-state index in [4.69, 9.17) is 12.2 Å². The Kier molecular flexibility index (Phi) is 5.47. The number of hydrogen-bond donors (Lipinski definition) is 2. The van der Waals surface area contributed by atoms with E-state index in [1.807, 2.05) is 18.6 Å². The summed E-state index contributed by atoms with van der Waals surface area (Å²) in [4.78, 5) is 4.23. The van der Waals surface area contributed by atoms with Gasteiger partial charge < -0.3 is 10.6 Å². The molecule has 1 aromatic heterocycles. The Hall–Kier alpha value is -0.680. The van der Waals surface area contributed by atoms with E-state index in [2.05, 4.69) is 15.6 Å². The van der Waals surface area contributed by atoms with Crippen LogP contribution in [0.15, 0.2) is 11.6 Å². The Balaban J connectivity index is 1.97. The molecule has 0 atom stereocenters. The van der Waals surface area contributed by atoms with Crippen molar-refractivity contribution in [1.29, 1.82) is 0 Å². The molecule has 0 spiro atoms. The molecular weight excluding hydrogens is 214 g/mol. The van der Waals surface area contributed by atoms with Crippen molar-refractivity contribution in [3.05, 3.63) is 16.6 Å². The molecule has 1 heterocycles. The summed E-state index contributed by atoms with van der Waals surface area (Å²) >= 11 is 6.67. The Morgan fingerprint density at radius 1 is 1.57 bits per heavy atom. The van der Waals surface area contributed by atoms with Gasteiger partial charge in [0.15, 0.2) is 5.11 Å². The van der Waals surface area contributed by atoms with Crippen LogP contribution in [0.25, 0.3) is 0 Å². The van der Waals surface area contributed by atoms with Gasteiger partial charge in [0.2, 0.25) is 0 Å². The lowest BCUT2D eigenvalue weighted by molar-refractivity contribution is 0.704. The van der Waals surface area contributed by atoms with Gasteiger partial charge in [-0.05, 0) is 31.5 Å². The second-order valence-corrected chi connectivity index (χ2v) is 4.28. The van der Waals surface area contributed by atoms with Gasteiger partial charge in [0.25, 0.3) is 0 Å². The van der Waals surface area contributed by atoms with Crippen molar-refractivity contribution >= 4 is 28.7 Å². The number of unbranched alkanes of at least 4 members (excludes halogenated alkanes) is 1. The van der Waals surface area contributed by atoms with Crippen molar-refractivity contribution in [3.63, 3.8) is 0 Å². The molecule has 0 amide bonds.